The number of carbonyl (C=O) groups is 1. The summed E-state index contributed by atoms with van der Waals surface area (Å²) < 4.78 is 0. The molecular formula is C20H21ClN4O. The molecule has 0 radical (unpaired) electrons. The van der Waals surface area contributed by atoms with Gasteiger partial charge in [-0.15, -0.1) is 0 Å². The van der Waals surface area contributed by atoms with Crippen molar-refractivity contribution in [2.24, 2.45) is 0 Å². The first-order chi connectivity index (χ1) is 12.7. The van der Waals surface area contributed by atoms with Crippen LogP contribution in [0, 0.1) is 11.3 Å². The SMILES string of the molecule is N#CCc1ccc(NC(=O)CN2CCN(c3ccccc3Cl)CC2)cc1. The lowest BCUT2D eigenvalue weighted by atomic mass is 10.1. The molecule has 1 aliphatic heterocycles. The molecule has 0 saturated carbocycles. The highest BCUT2D eigenvalue weighted by atomic mass is 35.5. The van der Waals surface area contributed by atoms with Crippen LogP contribution >= 0.6 is 11.6 Å². The Kier molecular flexibility index (Phi) is 6.11. The molecule has 0 aliphatic carbocycles. The summed E-state index contributed by atoms with van der Waals surface area (Å²) in [7, 11) is 0. The summed E-state index contributed by atoms with van der Waals surface area (Å²) in [5.74, 6) is -0.0239. The molecule has 0 aromatic heterocycles. The Morgan fingerprint density at radius 1 is 1.08 bits per heavy atom. The van der Waals surface area contributed by atoms with Gasteiger partial charge in [-0.1, -0.05) is 35.9 Å². The van der Waals surface area contributed by atoms with Crippen LogP contribution in [0.4, 0.5) is 11.4 Å². The zero-order chi connectivity index (χ0) is 18.4. The van der Waals surface area contributed by atoms with Gasteiger partial charge in [0.1, 0.15) is 0 Å². The smallest absolute Gasteiger partial charge is 0.238 e. The Labute approximate surface area is 158 Å². The minimum atomic E-state index is -0.0239. The summed E-state index contributed by atoms with van der Waals surface area (Å²) in [5.41, 5.74) is 2.75. The van der Waals surface area contributed by atoms with E-state index in [0.717, 1.165) is 48.1 Å². The predicted molar refractivity (Wildman–Crippen MR) is 104 cm³/mol. The number of hydrogen-bond donors (Lipinski definition) is 1. The van der Waals surface area contributed by atoms with Crippen LogP contribution < -0.4 is 10.2 Å². The van der Waals surface area contributed by atoms with Crippen molar-refractivity contribution < 1.29 is 4.79 Å². The Morgan fingerprint density at radius 3 is 2.42 bits per heavy atom. The molecule has 2 aromatic rings. The molecule has 1 fully saturated rings. The molecule has 6 heteroatoms. The molecule has 1 N–H and O–H groups in total. The second kappa shape index (κ2) is 8.70. The average Bonchev–Trinajstić information content (AvgIpc) is 2.65. The average molecular weight is 369 g/mol. The molecule has 0 unspecified atom stereocenters. The fraction of sp³-hybridized carbons (Fsp3) is 0.300. The van der Waals surface area contributed by atoms with E-state index in [1.54, 1.807) is 0 Å². The standard InChI is InChI=1S/C20H21ClN4O/c21-18-3-1-2-4-19(18)25-13-11-24(12-14-25)15-20(26)23-17-7-5-16(6-8-17)9-10-22/h1-8H,9,11-15H2,(H,23,26). The van der Waals surface area contributed by atoms with Crippen molar-refractivity contribution in [3.8, 4) is 6.07 Å². The van der Waals surface area contributed by atoms with Gasteiger partial charge >= 0.3 is 0 Å². The van der Waals surface area contributed by atoms with Gasteiger partial charge in [0.25, 0.3) is 0 Å². The lowest BCUT2D eigenvalue weighted by Crippen LogP contribution is -2.48. The normalized spacial score (nSPS) is 14.7. The quantitative estimate of drug-likeness (QED) is 0.880. The van der Waals surface area contributed by atoms with Crippen LogP contribution in [0.1, 0.15) is 5.56 Å². The van der Waals surface area contributed by atoms with Crippen LogP contribution in [-0.4, -0.2) is 43.5 Å². The number of nitrogens with one attached hydrogen (secondary N) is 1. The summed E-state index contributed by atoms with van der Waals surface area (Å²) >= 11 is 6.26. The molecule has 1 aliphatic rings. The first-order valence-electron chi connectivity index (χ1n) is 8.63. The van der Waals surface area contributed by atoms with Crippen molar-refractivity contribution in [1.82, 2.24) is 4.90 Å². The van der Waals surface area contributed by atoms with E-state index in [1.807, 2.05) is 48.5 Å². The summed E-state index contributed by atoms with van der Waals surface area (Å²) in [6.07, 6.45) is 0.379. The van der Waals surface area contributed by atoms with Gasteiger partial charge < -0.3 is 10.2 Å². The lowest BCUT2D eigenvalue weighted by molar-refractivity contribution is -0.117. The highest BCUT2D eigenvalue weighted by molar-refractivity contribution is 6.33. The van der Waals surface area contributed by atoms with Crippen molar-refractivity contribution in [2.75, 3.05) is 42.9 Å². The van der Waals surface area contributed by atoms with Gasteiger partial charge in [-0.25, -0.2) is 0 Å². The van der Waals surface area contributed by atoms with Crippen molar-refractivity contribution >= 4 is 28.9 Å². The van der Waals surface area contributed by atoms with Gasteiger partial charge in [-0.3, -0.25) is 9.69 Å². The van der Waals surface area contributed by atoms with Crippen molar-refractivity contribution in [2.45, 2.75) is 6.42 Å². The van der Waals surface area contributed by atoms with E-state index < -0.39 is 0 Å². The fourth-order valence-corrected chi connectivity index (χ4v) is 3.31. The van der Waals surface area contributed by atoms with Crippen LogP contribution in [0.25, 0.3) is 0 Å². The highest BCUT2D eigenvalue weighted by Gasteiger charge is 2.20. The molecule has 5 nitrogen and oxygen atoms in total. The topological polar surface area (TPSA) is 59.4 Å². The maximum atomic E-state index is 12.3. The van der Waals surface area contributed by atoms with Gasteiger partial charge in [0.15, 0.2) is 0 Å². The van der Waals surface area contributed by atoms with Gasteiger partial charge in [0.2, 0.25) is 5.91 Å². The number of rotatable bonds is 5. The van der Waals surface area contributed by atoms with E-state index in [4.69, 9.17) is 16.9 Å². The third-order valence-electron chi connectivity index (χ3n) is 4.45. The largest absolute Gasteiger partial charge is 0.368 e. The van der Waals surface area contributed by atoms with E-state index in [-0.39, 0.29) is 5.91 Å². The second-order valence-electron chi connectivity index (χ2n) is 6.29. The summed E-state index contributed by atoms with van der Waals surface area (Å²) in [4.78, 5) is 16.7. The van der Waals surface area contributed by atoms with E-state index in [0.29, 0.717) is 13.0 Å². The first kappa shape index (κ1) is 18.2. The predicted octanol–water partition coefficient (Wildman–Crippen LogP) is 3.17. The number of carbonyl (C=O) groups excluding carboxylic acids is 1. The number of hydrogen-bond acceptors (Lipinski definition) is 4. The maximum absolute atomic E-state index is 12.3. The monoisotopic (exact) mass is 368 g/mol. The van der Waals surface area contributed by atoms with Gasteiger partial charge in [-0.05, 0) is 29.8 Å². The molecule has 134 valence electrons. The zero-order valence-corrected chi connectivity index (χ0v) is 15.2. The Bertz CT molecular complexity index is 792. The van der Waals surface area contributed by atoms with Crippen molar-refractivity contribution in [3.63, 3.8) is 0 Å². The van der Waals surface area contributed by atoms with E-state index >= 15 is 0 Å². The molecule has 2 aromatic carbocycles. The molecule has 0 spiro atoms. The number of benzene rings is 2. The number of nitriles is 1. The minimum Gasteiger partial charge on any atom is -0.368 e. The third kappa shape index (κ3) is 4.75. The molecule has 26 heavy (non-hydrogen) atoms. The van der Waals surface area contributed by atoms with Crippen molar-refractivity contribution in [1.29, 1.82) is 5.26 Å². The van der Waals surface area contributed by atoms with Crippen LogP contribution in [0.5, 0.6) is 0 Å². The molecule has 3 rings (SSSR count). The van der Waals surface area contributed by atoms with Gasteiger partial charge in [0.05, 0.1) is 29.7 Å². The molecule has 1 saturated heterocycles. The molecule has 1 heterocycles. The van der Waals surface area contributed by atoms with E-state index in [9.17, 15) is 4.79 Å². The van der Waals surface area contributed by atoms with E-state index in [2.05, 4.69) is 21.2 Å². The number of amides is 1. The molecule has 0 bridgehead atoms. The number of halogens is 1. The molecule has 1 amide bonds. The Morgan fingerprint density at radius 2 is 1.77 bits per heavy atom. The molecule has 0 atom stereocenters. The van der Waals surface area contributed by atoms with Gasteiger partial charge in [-0.2, -0.15) is 5.26 Å². The van der Waals surface area contributed by atoms with Gasteiger partial charge in [0, 0.05) is 31.9 Å². The number of para-hydroxylation sites is 1. The van der Waals surface area contributed by atoms with Crippen LogP contribution in [-0.2, 0) is 11.2 Å². The maximum Gasteiger partial charge on any atom is 0.238 e. The number of nitrogens with zero attached hydrogens (tertiary/aromatic N) is 3. The van der Waals surface area contributed by atoms with Crippen LogP contribution in [0.15, 0.2) is 48.5 Å². The minimum absolute atomic E-state index is 0.0239. The number of anilines is 2. The zero-order valence-electron chi connectivity index (χ0n) is 14.5. The second-order valence-corrected chi connectivity index (χ2v) is 6.70. The van der Waals surface area contributed by atoms with Crippen LogP contribution in [0.3, 0.4) is 0 Å². The van der Waals surface area contributed by atoms with E-state index in [1.165, 1.54) is 0 Å². The first-order valence-corrected chi connectivity index (χ1v) is 9.01. The summed E-state index contributed by atoms with van der Waals surface area (Å²) in [6, 6.07) is 17.4. The number of piperazine rings is 1. The lowest BCUT2D eigenvalue weighted by Gasteiger charge is -2.36. The molecular weight excluding hydrogens is 348 g/mol. The summed E-state index contributed by atoms with van der Waals surface area (Å²) in [6.45, 7) is 3.70. The third-order valence-corrected chi connectivity index (χ3v) is 4.77. The van der Waals surface area contributed by atoms with Crippen LogP contribution in [0.2, 0.25) is 5.02 Å². The van der Waals surface area contributed by atoms with Crippen molar-refractivity contribution in [3.05, 3.63) is 59.1 Å². The Balaban J connectivity index is 1.47. The highest BCUT2D eigenvalue weighted by Crippen LogP contribution is 2.25. The Hall–Kier alpha value is -2.55. The fourth-order valence-electron chi connectivity index (χ4n) is 3.06. The summed E-state index contributed by atoms with van der Waals surface area (Å²) in [5, 5.41) is 12.4.